The third kappa shape index (κ3) is 2.50. The van der Waals surface area contributed by atoms with Crippen LogP contribution in [0.1, 0.15) is 59.3 Å². The van der Waals surface area contributed by atoms with Crippen molar-refractivity contribution in [3.8, 4) is 0 Å². The first-order valence-electron chi connectivity index (χ1n) is 5.22. The molecular weight excluding hydrogens is 132 g/mol. The van der Waals surface area contributed by atoms with Gasteiger partial charge in [0.2, 0.25) is 0 Å². The Balaban J connectivity index is 2.18. The maximum absolute atomic E-state index is 2.42. The summed E-state index contributed by atoms with van der Waals surface area (Å²) in [5.41, 5.74) is 0.814. The molecule has 1 unspecified atom stereocenters. The van der Waals surface area contributed by atoms with Gasteiger partial charge < -0.3 is 0 Å². The molecule has 11 heavy (non-hydrogen) atoms. The molecule has 1 fully saturated rings. The number of hydrogen-bond donors (Lipinski definition) is 0. The van der Waals surface area contributed by atoms with Crippen LogP contribution in [0.15, 0.2) is 0 Å². The van der Waals surface area contributed by atoms with Gasteiger partial charge in [-0.05, 0) is 30.6 Å². The zero-order valence-corrected chi connectivity index (χ0v) is 8.32. The Morgan fingerprint density at radius 1 is 1.27 bits per heavy atom. The van der Waals surface area contributed by atoms with E-state index < -0.39 is 0 Å². The first kappa shape index (κ1) is 9.09. The van der Waals surface area contributed by atoms with E-state index in [4.69, 9.17) is 0 Å². The quantitative estimate of drug-likeness (QED) is 0.561. The third-order valence-electron chi connectivity index (χ3n) is 3.27. The molecule has 0 bridgehead atoms. The fourth-order valence-corrected chi connectivity index (χ4v) is 2.21. The molecule has 1 aliphatic rings. The summed E-state index contributed by atoms with van der Waals surface area (Å²) in [6.45, 7) is 7.06. The van der Waals surface area contributed by atoms with Crippen LogP contribution in [0.5, 0.6) is 0 Å². The molecule has 0 nitrogen and oxygen atoms in total. The SMILES string of the molecule is CCCC(C)CC1(CC)CC1. The molecule has 1 saturated carbocycles. The van der Waals surface area contributed by atoms with Gasteiger partial charge in [0.05, 0.1) is 0 Å². The van der Waals surface area contributed by atoms with Gasteiger partial charge in [0, 0.05) is 0 Å². The second-order valence-electron chi connectivity index (χ2n) is 4.45. The fraction of sp³-hybridized carbons (Fsp3) is 1.00. The van der Waals surface area contributed by atoms with E-state index in [9.17, 15) is 0 Å². The molecule has 1 atom stereocenters. The summed E-state index contributed by atoms with van der Waals surface area (Å²) in [6, 6.07) is 0. The van der Waals surface area contributed by atoms with E-state index in [-0.39, 0.29) is 0 Å². The zero-order valence-electron chi connectivity index (χ0n) is 8.32. The van der Waals surface area contributed by atoms with Crippen molar-refractivity contribution in [2.75, 3.05) is 0 Å². The van der Waals surface area contributed by atoms with Crippen molar-refractivity contribution in [2.24, 2.45) is 11.3 Å². The molecule has 0 N–H and O–H groups in total. The molecular formula is C11H22. The predicted octanol–water partition coefficient (Wildman–Crippen LogP) is 4.00. The van der Waals surface area contributed by atoms with Crippen molar-refractivity contribution >= 4 is 0 Å². The molecule has 66 valence electrons. The summed E-state index contributed by atoms with van der Waals surface area (Å²) in [5, 5.41) is 0. The summed E-state index contributed by atoms with van der Waals surface area (Å²) in [6.07, 6.45) is 8.73. The Labute approximate surface area is 71.4 Å². The third-order valence-corrected chi connectivity index (χ3v) is 3.27. The Morgan fingerprint density at radius 2 is 1.91 bits per heavy atom. The molecule has 0 heterocycles. The monoisotopic (exact) mass is 154 g/mol. The van der Waals surface area contributed by atoms with Crippen LogP contribution in [0, 0.1) is 11.3 Å². The highest BCUT2D eigenvalue weighted by molar-refractivity contribution is 4.92. The van der Waals surface area contributed by atoms with Crippen molar-refractivity contribution in [1.29, 1.82) is 0 Å². The van der Waals surface area contributed by atoms with Gasteiger partial charge in [0.25, 0.3) is 0 Å². The van der Waals surface area contributed by atoms with E-state index in [0.717, 1.165) is 11.3 Å². The molecule has 0 aromatic rings. The molecule has 0 heteroatoms. The molecule has 1 aliphatic carbocycles. The van der Waals surface area contributed by atoms with Gasteiger partial charge >= 0.3 is 0 Å². The average Bonchev–Trinajstić information content (AvgIpc) is 2.70. The van der Waals surface area contributed by atoms with Crippen LogP contribution >= 0.6 is 0 Å². The smallest absolute Gasteiger partial charge is 0.0297 e. The molecule has 0 radical (unpaired) electrons. The molecule has 0 aromatic carbocycles. The van der Waals surface area contributed by atoms with E-state index in [1.54, 1.807) is 0 Å². The normalized spacial score (nSPS) is 23.2. The summed E-state index contributed by atoms with van der Waals surface area (Å²) in [7, 11) is 0. The van der Waals surface area contributed by atoms with Crippen LogP contribution in [-0.2, 0) is 0 Å². The van der Waals surface area contributed by atoms with Crippen molar-refractivity contribution in [2.45, 2.75) is 59.3 Å². The Hall–Kier alpha value is 0. The molecule has 0 amide bonds. The number of hydrogen-bond acceptors (Lipinski definition) is 0. The van der Waals surface area contributed by atoms with Gasteiger partial charge in [-0.15, -0.1) is 0 Å². The minimum atomic E-state index is 0.814. The first-order valence-corrected chi connectivity index (χ1v) is 5.22. The Morgan fingerprint density at radius 3 is 2.27 bits per heavy atom. The average molecular weight is 154 g/mol. The summed E-state index contributed by atoms with van der Waals surface area (Å²) in [4.78, 5) is 0. The summed E-state index contributed by atoms with van der Waals surface area (Å²) >= 11 is 0. The molecule has 0 spiro atoms. The maximum atomic E-state index is 2.42. The van der Waals surface area contributed by atoms with Crippen LogP contribution in [0.4, 0.5) is 0 Å². The second-order valence-corrected chi connectivity index (χ2v) is 4.45. The fourth-order valence-electron chi connectivity index (χ4n) is 2.21. The van der Waals surface area contributed by atoms with E-state index >= 15 is 0 Å². The highest BCUT2D eigenvalue weighted by Gasteiger charge is 2.40. The standard InChI is InChI=1S/C11H22/c1-4-6-10(3)9-11(5-2)7-8-11/h10H,4-9H2,1-3H3. The minimum absolute atomic E-state index is 0.814. The van der Waals surface area contributed by atoms with Crippen molar-refractivity contribution in [1.82, 2.24) is 0 Å². The van der Waals surface area contributed by atoms with Crippen molar-refractivity contribution < 1.29 is 0 Å². The largest absolute Gasteiger partial charge is 0.0654 e. The lowest BCUT2D eigenvalue weighted by molar-refractivity contribution is 0.344. The molecule has 1 rings (SSSR count). The molecule has 0 saturated heterocycles. The van der Waals surface area contributed by atoms with Crippen LogP contribution < -0.4 is 0 Å². The van der Waals surface area contributed by atoms with Gasteiger partial charge in [0.15, 0.2) is 0 Å². The minimum Gasteiger partial charge on any atom is -0.0654 e. The van der Waals surface area contributed by atoms with Gasteiger partial charge in [-0.25, -0.2) is 0 Å². The Bertz CT molecular complexity index is 111. The topological polar surface area (TPSA) is 0 Å². The summed E-state index contributed by atoms with van der Waals surface area (Å²) < 4.78 is 0. The van der Waals surface area contributed by atoms with Gasteiger partial charge in [-0.3, -0.25) is 0 Å². The molecule has 0 aliphatic heterocycles. The summed E-state index contributed by atoms with van der Waals surface area (Å²) in [5.74, 6) is 0.974. The van der Waals surface area contributed by atoms with Crippen molar-refractivity contribution in [3.63, 3.8) is 0 Å². The van der Waals surface area contributed by atoms with E-state index in [1.165, 1.54) is 38.5 Å². The van der Waals surface area contributed by atoms with E-state index in [0.29, 0.717) is 0 Å². The lowest BCUT2D eigenvalue weighted by atomic mass is 9.88. The highest BCUT2D eigenvalue weighted by atomic mass is 14.5. The Kier molecular flexibility index (Phi) is 2.98. The van der Waals surface area contributed by atoms with E-state index in [2.05, 4.69) is 20.8 Å². The number of rotatable bonds is 5. The van der Waals surface area contributed by atoms with Crippen LogP contribution in [0.25, 0.3) is 0 Å². The van der Waals surface area contributed by atoms with E-state index in [1.807, 2.05) is 0 Å². The first-order chi connectivity index (χ1) is 5.22. The maximum Gasteiger partial charge on any atom is -0.0297 e. The van der Waals surface area contributed by atoms with Crippen molar-refractivity contribution in [3.05, 3.63) is 0 Å². The van der Waals surface area contributed by atoms with Gasteiger partial charge in [-0.2, -0.15) is 0 Å². The molecule has 0 aromatic heterocycles. The second kappa shape index (κ2) is 3.60. The van der Waals surface area contributed by atoms with Gasteiger partial charge in [0.1, 0.15) is 0 Å². The van der Waals surface area contributed by atoms with Gasteiger partial charge in [-0.1, -0.05) is 40.0 Å². The predicted molar refractivity (Wildman–Crippen MR) is 50.6 cm³/mol. The van der Waals surface area contributed by atoms with Crippen LogP contribution in [0.2, 0.25) is 0 Å². The lowest BCUT2D eigenvalue weighted by Crippen LogP contribution is -2.05. The van der Waals surface area contributed by atoms with Crippen LogP contribution in [-0.4, -0.2) is 0 Å². The lowest BCUT2D eigenvalue weighted by Gasteiger charge is -2.17. The highest BCUT2D eigenvalue weighted by Crippen LogP contribution is 2.53. The zero-order chi connectivity index (χ0) is 8.32. The van der Waals surface area contributed by atoms with Crippen LogP contribution in [0.3, 0.4) is 0 Å².